The second kappa shape index (κ2) is 59.1. The standard InChI is InChI=1S/C69H131N2O7P/c1-7-10-13-16-19-22-25-27-29-31-33-35-37-39-41-43-46-49-52-55-58-61-68(72)70-66(65-77-79(74,75)76-64-63-71(4,5)6)67(60-57-54-51-48-45-24-21-18-15-12-9-3)78-69(73)62-59-56-53-50-47-44-42-40-38-36-34-32-30-28-26-23-20-17-14-11-8-2/h20,23,28,30,34,36,57,60,66-67H,7-19,21-22,24-27,29,31-33,35,37-56,58-59,61-65H2,1-6H3,(H-,70,72,74,75)/p+1/b23-20-,30-28-,36-34-,60-57+. The van der Waals surface area contributed by atoms with E-state index >= 15 is 0 Å². The van der Waals surface area contributed by atoms with Gasteiger partial charge in [-0.15, -0.1) is 0 Å². The molecule has 0 aliphatic rings. The molecule has 0 rings (SSSR count). The summed E-state index contributed by atoms with van der Waals surface area (Å²) in [5.74, 6) is -0.499. The number of unbranched alkanes of at least 4 members (excludes halogenated alkanes) is 40. The van der Waals surface area contributed by atoms with Gasteiger partial charge in [0.1, 0.15) is 19.3 Å². The molecule has 0 heterocycles. The van der Waals surface area contributed by atoms with Gasteiger partial charge in [0.25, 0.3) is 0 Å². The molecule has 0 aliphatic heterocycles. The Labute approximate surface area is 490 Å². The van der Waals surface area contributed by atoms with E-state index < -0.39 is 20.0 Å². The Hall–Kier alpha value is -2.03. The average molecular weight is 1130 g/mol. The fraction of sp³-hybridized carbons (Fsp3) is 0.855. The van der Waals surface area contributed by atoms with Crippen LogP contribution in [-0.2, 0) is 27.9 Å². The van der Waals surface area contributed by atoms with Crippen LogP contribution in [0.3, 0.4) is 0 Å². The number of allylic oxidation sites excluding steroid dienone is 7. The average Bonchev–Trinajstić information content (AvgIpc) is 3.41. The number of hydrogen-bond donors (Lipinski definition) is 2. The van der Waals surface area contributed by atoms with Crippen molar-refractivity contribution in [3.05, 3.63) is 48.6 Å². The zero-order valence-corrected chi connectivity index (χ0v) is 54.0. The minimum atomic E-state index is -4.45. The lowest BCUT2D eigenvalue weighted by Crippen LogP contribution is -2.47. The number of phosphoric ester groups is 1. The van der Waals surface area contributed by atoms with Gasteiger partial charge in [-0.25, -0.2) is 4.57 Å². The summed E-state index contributed by atoms with van der Waals surface area (Å²) in [5.41, 5.74) is 0. The molecule has 0 spiro atoms. The first kappa shape index (κ1) is 77.0. The van der Waals surface area contributed by atoms with Gasteiger partial charge in [0.2, 0.25) is 5.91 Å². The number of ether oxygens (including phenoxy) is 1. The van der Waals surface area contributed by atoms with Gasteiger partial charge in [0.05, 0.1) is 33.8 Å². The van der Waals surface area contributed by atoms with Crippen molar-refractivity contribution in [1.29, 1.82) is 0 Å². The maximum absolute atomic E-state index is 13.6. The van der Waals surface area contributed by atoms with Gasteiger partial charge in [-0.2, -0.15) is 0 Å². The summed E-state index contributed by atoms with van der Waals surface area (Å²) in [5, 5.41) is 3.07. The molecule has 10 heteroatoms. The van der Waals surface area contributed by atoms with Crippen molar-refractivity contribution in [3.63, 3.8) is 0 Å². The summed E-state index contributed by atoms with van der Waals surface area (Å²) >= 11 is 0. The Balaban J connectivity index is 5.09. The second-order valence-electron chi connectivity index (χ2n) is 24.4. The summed E-state index contributed by atoms with van der Waals surface area (Å²) in [7, 11) is 1.50. The third kappa shape index (κ3) is 60.4. The maximum Gasteiger partial charge on any atom is 0.472 e. The Morgan fingerprint density at radius 3 is 1.18 bits per heavy atom. The van der Waals surface area contributed by atoms with Crippen LogP contribution in [0.15, 0.2) is 48.6 Å². The molecule has 79 heavy (non-hydrogen) atoms. The van der Waals surface area contributed by atoms with E-state index in [-0.39, 0.29) is 31.5 Å². The molecule has 0 aliphatic carbocycles. The summed E-state index contributed by atoms with van der Waals surface area (Å²) in [6.45, 7) is 7.02. The van der Waals surface area contributed by atoms with Crippen molar-refractivity contribution in [2.75, 3.05) is 40.9 Å². The lowest BCUT2D eigenvalue weighted by molar-refractivity contribution is -0.870. The van der Waals surface area contributed by atoms with Crippen molar-refractivity contribution in [2.45, 2.75) is 341 Å². The van der Waals surface area contributed by atoms with Crippen LogP contribution < -0.4 is 5.32 Å². The SMILES string of the molecule is CCCCC/C=C\C/C=C\C/C=C\CCCCCCCCCCC(=O)OC(/C=C/CCCCCCCCCCC)C(COP(=O)(O)OCC[N+](C)(C)C)NC(=O)CCCCCCCCCCCCCCCCCCCCCCC. The minimum Gasteiger partial charge on any atom is -0.456 e. The van der Waals surface area contributed by atoms with Gasteiger partial charge in [-0.05, 0) is 70.3 Å². The number of rotatable bonds is 62. The van der Waals surface area contributed by atoms with Crippen LogP contribution in [-0.4, -0.2) is 74.3 Å². The first-order valence-electron chi connectivity index (χ1n) is 34.0. The number of nitrogens with one attached hydrogen (secondary N) is 1. The lowest BCUT2D eigenvalue weighted by atomic mass is 10.0. The van der Waals surface area contributed by atoms with Gasteiger partial charge in [-0.3, -0.25) is 18.6 Å². The smallest absolute Gasteiger partial charge is 0.456 e. The molecule has 0 aromatic carbocycles. The number of likely N-dealkylation sites (N-methyl/N-ethyl adjacent to an activating group) is 1. The van der Waals surface area contributed by atoms with Gasteiger partial charge in [0, 0.05) is 12.8 Å². The normalized spacial score (nSPS) is 13.9. The summed E-state index contributed by atoms with van der Waals surface area (Å²) in [6, 6.07) is -0.849. The van der Waals surface area contributed by atoms with Crippen LogP contribution in [0, 0.1) is 0 Å². The fourth-order valence-corrected chi connectivity index (χ4v) is 10.7. The van der Waals surface area contributed by atoms with Gasteiger partial charge < -0.3 is 19.4 Å². The third-order valence-electron chi connectivity index (χ3n) is 15.3. The molecule has 0 saturated heterocycles. The van der Waals surface area contributed by atoms with E-state index in [1.165, 1.54) is 212 Å². The number of hydrogen-bond acceptors (Lipinski definition) is 6. The zero-order valence-electron chi connectivity index (χ0n) is 53.1. The number of nitrogens with zero attached hydrogens (tertiary/aromatic N) is 1. The van der Waals surface area contributed by atoms with Crippen LogP contribution in [0.1, 0.15) is 329 Å². The highest BCUT2D eigenvalue weighted by Crippen LogP contribution is 2.43. The molecular formula is C69H132N2O7P+. The van der Waals surface area contributed by atoms with Crippen LogP contribution in [0.5, 0.6) is 0 Å². The first-order valence-corrected chi connectivity index (χ1v) is 35.5. The first-order chi connectivity index (χ1) is 38.4. The van der Waals surface area contributed by atoms with Crippen molar-refractivity contribution < 1.29 is 37.3 Å². The molecule has 0 aromatic rings. The van der Waals surface area contributed by atoms with Gasteiger partial charge in [0.15, 0.2) is 0 Å². The molecule has 9 nitrogen and oxygen atoms in total. The maximum atomic E-state index is 13.6. The molecule has 0 saturated carbocycles. The summed E-state index contributed by atoms with van der Waals surface area (Å²) in [4.78, 5) is 37.8. The van der Waals surface area contributed by atoms with E-state index in [1.54, 1.807) is 0 Å². The molecule has 3 atom stereocenters. The van der Waals surface area contributed by atoms with E-state index in [0.717, 1.165) is 83.5 Å². The van der Waals surface area contributed by atoms with Gasteiger partial charge in [-0.1, -0.05) is 294 Å². The van der Waals surface area contributed by atoms with Gasteiger partial charge >= 0.3 is 13.8 Å². The van der Waals surface area contributed by atoms with Crippen LogP contribution in [0.25, 0.3) is 0 Å². The Morgan fingerprint density at radius 1 is 0.443 bits per heavy atom. The largest absolute Gasteiger partial charge is 0.472 e. The molecule has 3 unspecified atom stereocenters. The molecule has 0 bridgehead atoms. The second-order valence-corrected chi connectivity index (χ2v) is 25.8. The number of carbonyl (C=O) groups is 2. The minimum absolute atomic E-state index is 0.0404. The van der Waals surface area contributed by atoms with Crippen LogP contribution in [0.4, 0.5) is 0 Å². The number of carbonyl (C=O) groups excluding carboxylic acids is 2. The molecule has 0 aromatic heterocycles. The van der Waals surface area contributed by atoms with Crippen molar-refractivity contribution in [3.8, 4) is 0 Å². The van der Waals surface area contributed by atoms with Crippen LogP contribution >= 0.6 is 7.82 Å². The molecule has 1 amide bonds. The quantitative estimate of drug-likeness (QED) is 0.0205. The highest BCUT2D eigenvalue weighted by Gasteiger charge is 2.30. The highest BCUT2D eigenvalue weighted by molar-refractivity contribution is 7.47. The van der Waals surface area contributed by atoms with E-state index in [9.17, 15) is 19.0 Å². The predicted octanol–water partition coefficient (Wildman–Crippen LogP) is 21.2. The van der Waals surface area contributed by atoms with E-state index in [0.29, 0.717) is 17.4 Å². The highest BCUT2D eigenvalue weighted by atomic mass is 31.2. The molecule has 464 valence electrons. The molecule has 0 fully saturated rings. The predicted molar refractivity (Wildman–Crippen MR) is 342 cm³/mol. The Bertz CT molecular complexity index is 1490. The van der Waals surface area contributed by atoms with E-state index in [1.807, 2.05) is 33.3 Å². The number of amides is 1. The zero-order chi connectivity index (χ0) is 57.9. The summed E-state index contributed by atoms with van der Waals surface area (Å²) < 4.78 is 30.8. The molecular weight excluding hydrogens is 1000 g/mol. The monoisotopic (exact) mass is 1130 g/mol. The van der Waals surface area contributed by atoms with E-state index in [4.69, 9.17) is 13.8 Å². The topological polar surface area (TPSA) is 111 Å². The van der Waals surface area contributed by atoms with Crippen LogP contribution in [0.2, 0.25) is 0 Å². The van der Waals surface area contributed by atoms with Crippen molar-refractivity contribution in [2.24, 2.45) is 0 Å². The molecule has 0 radical (unpaired) electrons. The number of quaternary nitrogens is 1. The Morgan fingerprint density at radius 2 is 0.772 bits per heavy atom. The molecule has 2 N–H and O–H groups in total. The fourth-order valence-electron chi connectivity index (χ4n) is 10.0. The Kier molecular flexibility index (Phi) is 57.6. The lowest BCUT2D eigenvalue weighted by Gasteiger charge is -2.27. The number of phosphoric acid groups is 1. The van der Waals surface area contributed by atoms with Crippen molar-refractivity contribution >= 4 is 19.7 Å². The van der Waals surface area contributed by atoms with Crippen molar-refractivity contribution in [1.82, 2.24) is 5.32 Å². The third-order valence-corrected chi connectivity index (χ3v) is 16.3. The van der Waals surface area contributed by atoms with E-state index in [2.05, 4.69) is 62.5 Å². The number of esters is 1. The summed E-state index contributed by atoms with van der Waals surface area (Å²) in [6.07, 6.45) is 74.0.